The molecule has 20 heavy (non-hydrogen) atoms. The second-order valence-electron chi connectivity index (χ2n) is 5.90. The Kier molecular flexibility index (Phi) is 4.77. The largest absolute Gasteiger partial charge is 0.381 e. The lowest BCUT2D eigenvalue weighted by atomic mass is 9.86. The van der Waals surface area contributed by atoms with E-state index in [0.717, 1.165) is 16.0 Å². The van der Waals surface area contributed by atoms with Crippen molar-refractivity contribution in [2.24, 2.45) is 0 Å². The number of benzene rings is 2. The summed E-state index contributed by atoms with van der Waals surface area (Å²) in [6, 6.07) is 14.5. The maximum absolute atomic E-state index is 6.02. The van der Waals surface area contributed by atoms with Crippen molar-refractivity contribution in [1.29, 1.82) is 0 Å². The lowest BCUT2D eigenvalue weighted by Crippen LogP contribution is -2.14. The van der Waals surface area contributed by atoms with E-state index < -0.39 is 0 Å². The molecule has 0 saturated heterocycles. The van der Waals surface area contributed by atoms with Crippen LogP contribution in [-0.2, 0) is 12.0 Å². The zero-order valence-corrected chi connectivity index (χ0v) is 14.3. The highest BCUT2D eigenvalue weighted by Crippen LogP contribution is 2.30. The molecule has 0 heterocycles. The van der Waals surface area contributed by atoms with Crippen molar-refractivity contribution in [3.05, 3.63) is 63.1 Å². The summed E-state index contributed by atoms with van der Waals surface area (Å²) in [6.07, 6.45) is 0. The first-order chi connectivity index (χ1) is 9.38. The number of hydrogen-bond acceptors (Lipinski definition) is 1. The Morgan fingerprint density at radius 1 is 1.10 bits per heavy atom. The van der Waals surface area contributed by atoms with Gasteiger partial charge in [0.25, 0.3) is 0 Å². The van der Waals surface area contributed by atoms with Crippen LogP contribution in [0.4, 0.5) is 5.69 Å². The van der Waals surface area contributed by atoms with E-state index in [1.165, 1.54) is 16.8 Å². The third-order valence-corrected chi connectivity index (χ3v) is 4.42. The van der Waals surface area contributed by atoms with Gasteiger partial charge in [0, 0.05) is 16.7 Å². The molecule has 0 bridgehead atoms. The average molecular weight is 353 g/mol. The molecular formula is C17H19BrClN. The third-order valence-electron chi connectivity index (χ3n) is 3.20. The number of anilines is 1. The second-order valence-corrected chi connectivity index (χ2v) is 7.16. The summed E-state index contributed by atoms with van der Waals surface area (Å²) in [4.78, 5) is 0. The molecule has 2 aromatic carbocycles. The van der Waals surface area contributed by atoms with Crippen molar-refractivity contribution in [3.63, 3.8) is 0 Å². The van der Waals surface area contributed by atoms with Crippen molar-refractivity contribution in [2.45, 2.75) is 32.7 Å². The number of nitrogens with one attached hydrogen (secondary N) is 1. The van der Waals surface area contributed by atoms with Crippen molar-refractivity contribution in [2.75, 3.05) is 5.32 Å². The van der Waals surface area contributed by atoms with Crippen LogP contribution in [0.25, 0.3) is 0 Å². The zero-order chi connectivity index (χ0) is 14.8. The molecule has 1 nitrogen and oxygen atoms in total. The number of hydrogen-bond donors (Lipinski definition) is 1. The molecule has 106 valence electrons. The SMILES string of the molecule is CC(C)(C)c1ccccc1NCc1ccc(Cl)c(Br)c1. The van der Waals surface area contributed by atoms with Crippen LogP contribution >= 0.6 is 27.5 Å². The molecule has 2 rings (SSSR count). The molecule has 0 aliphatic heterocycles. The minimum atomic E-state index is 0.129. The molecule has 3 heteroatoms. The molecule has 1 N–H and O–H groups in total. The van der Waals surface area contributed by atoms with E-state index in [9.17, 15) is 0 Å². The minimum absolute atomic E-state index is 0.129. The summed E-state index contributed by atoms with van der Waals surface area (Å²) < 4.78 is 0.933. The van der Waals surface area contributed by atoms with Crippen LogP contribution in [0.1, 0.15) is 31.9 Å². The fourth-order valence-electron chi connectivity index (χ4n) is 2.14. The van der Waals surface area contributed by atoms with E-state index in [1.807, 2.05) is 12.1 Å². The van der Waals surface area contributed by atoms with E-state index in [0.29, 0.717) is 0 Å². The maximum Gasteiger partial charge on any atom is 0.0548 e. The van der Waals surface area contributed by atoms with E-state index in [-0.39, 0.29) is 5.41 Å². The second kappa shape index (κ2) is 6.19. The molecule has 0 atom stereocenters. The highest BCUT2D eigenvalue weighted by atomic mass is 79.9. The van der Waals surface area contributed by atoms with Crippen molar-refractivity contribution in [3.8, 4) is 0 Å². The smallest absolute Gasteiger partial charge is 0.0548 e. The van der Waals surface area contributed by atoms with Crippen molar-refractivity contribution < 1.29 is 0 Å². The maximum atomic E-state index is 6.02. The number of para-hydroxylation sites is 1. The lowest BCUT2D eigenvalue weighted by Gasteiger charge is -2.23. The fourth-order valence-corrected chi connectivity index (χ4v) is 2.68. The van der Waals surface area contributed by atoms with Gasteiger partial charge in [-0.1, -0.05) is 56.6 Å². The average Bonchev–Trinajstić information content (AvgIpc) is 2.39. The number of halogens is 2. The molecule has 0 unspecified atom stereocenters. The Morgan fingerprint density at radius 2 is 1.80 bits per heavy atom. The molecule has 0 fully saturated rings. The topological polar surface area (TPSA) is 12.0 Å². The first kappa shape index (κ1) is 15.4. The summed E-state index contributed by atoms with van der Waals surface area (Å²) >= 11 is 9.47. The monoisotopic (exact) mass is 351 g/mol. The van der Waals surface area contributed by atoms with Crippen molar-refractivity contribution >= 4 is 33.2 Å². The van der Waals surface area contributed by atoms with Gasteiger partial charge in [-0.15, -0.1) is 0 Å². The molecule has 0 spiro atoms. The van der Waals surface area contributed by atoms with E-state index >= 15 is 0 Å². The Labute approximate surface area is 134 Å². The normalized spacial score (nSPS) is 11.4. The van der Waals surface area contributed by atoms with Crippen LogP contribution in [0.5, 0.6) is 0 Å². The van der Waals surface area contributed by atoms with Gasteiger partial charge in [0.05, 0.1) is 5.02 Å². The van der Waals surface area contributed by atoms with Gasteiger partial charge >= 0.3 is 0 Å². The molecule has 0 amide bonds. The summed E-state index contributed by atoms with van der Waals surface area (Å²) in [5.74, 6) is 0. The highest BCUT2D eigenvalue weighted by Gasteiger charge is 2.17. The summed E-state index contributed by atoms with van der Waals surface area (Å²) in [5, 5.41) is 4.26. The summed E-state index contributed by atoms with van der Waals surface area (Å²) in [7, 11) is 0. The van der Waals surface area contributed by atoms with E-state index in [2.05, 4.69) is 72.3 Å². The fraction of sp³-hybridized carbons (Fsp3) is 0.294. The first-order valence-corrected chi connectivity index (χ1v) is 7.82. The van der Waals surface area contributed by atoms with Crippen LogP contribution < -0.4 is 5.32 Å². The molecule has 0 aliphatic rings. The zero-order valence-electron chi connectivity index (χ0n) is 12.0. The lowest BCUT2D eigenvalue weighted by molar-refractivity contribution is 0.591. The van der Waals surface area contributed by atoms with Crippen LogP contribution in [-0.4, -0.2) is 0 Å². The predicted octanol–water partition coefficient (Wildman–Crippen LogP) is 6.01. The van der Waals surface area contributed by atoms with E-state index in [1.54, 1.807) is 0 Å². The van der Waals surface area contributed by atoms with Gasteiger partial charge in [-0.2, -0.15) is 0 Å². The van der Waals surface area contributed by atoms with Gasteiger partial charge in [-0.25, -0.2) is 0 Å². The van der Waals surface area contributed by atoms with Crippen LogP contribution in [0, 0.1) is 0 Å². The van der Waals surface area contributed by atoms with Gasteiger partial charge < -0.3 is 5.32 Å². The molecule has 0 aromatic heterocycles. The van der Waals surface area contributed by atoms with Gasteiger partial charge in [0.2, 0.25) is 0 Å². The molecule has 0 radical (unpaired) electrons. The summed E-state index contributed by atoms with van der Waals surface area (Å²) in [6.45, 7) is 7.47. The Hall–Kier alpha value is -0.990. The highest BCUT2D eigenvalue weighted by molar-refractivity contribution is 9.10. The standard InChI is InChI=1S/C17H19BrClN/c1-17(2,3)13-6-4-5-7-16(13)20-11-12-8-9-15(19)14(18)10-12/h4-10,20H,11H2,1-3H3. The van der Waals surface area contributed by atoms with Gasteiger partial charge in [-0.05, 0) is 50.7 Å². The van der Waals surface area contributed by atoms with Gasteiger partial charge in [0.15, 0.2) is 0 Å². The molecule has 0 aliphatic carbocycles. The quantitative estimate of drug-likeness (QED) is 0.713. The first-order valence-electron chi connectivity index (χ1n) is 6.65. The molecular weight excluding hydrogens is 334 g/mol. The van der Waals surface area contributed by atoms with Crippen LogP contribution in [0.15, 0.2) is 46.9 Å². The van der Waals surface area contributed by atoms with E-state index in [4.69, 9.17) is 11.6 Å². The van der Waals surface area contributed by atoms with Crippen LogP contribution in [0.2, 0.25) is 5.02 Å². The Balaban J connectivity index is 2.17. The van der Waals surface area contributed by atoms with Gasteiger partial charge in [-0.3, -0.25) is 0 Å². The Morgan fingerprint density at radius 3 is 2.45 bits per heavy atom. The number of rotatable bonds is 3. The van der Waals surface area contributed by atoms with Crippen molar-refractivity contribution in [1.82, 2.24) is 0 Å². The third kappa shape index (κ3) is 3.77. The predicted molar refractivity (Wildman–Crippen MR) is 91.6 cm³/mol. The summed E-state index contributed by atoms with van der Waals surface area (Å²) in [5.41, 5.74) is 3.84. The van der Waals surface area contributed by atoms with Gasteiger partial charge in [0.1, 0.15) is 0 Å². The molecule has 2 aromatic rings. The Bertz CT molecular complexity index is 602. The minimum Gasteiger partial charge on any atom is -0.381 e. The van der Waals surface area contributed by atoms with Crippen LogP contribution in [0.3, 0.4) is 0 Å². The molecule has 0 saturated carbocycles.